The van der Waals surface area contributed by atoms with Crippen LogP contribution in [0.25, 0.3) is 0 Å². The molecule has 0 aliphatic carbocycles. The SMILES string of the molecule is CC[C@@H](C)NC(=O)CCN(Cc1ccco1)c1nc(Cc2ccc(F)cc2)ns1. The molecule has 0 aliphatic heterocycles. The van der Waals surface area contributed by atoms with Crippen LogP contribution in [0.3, 0.4) is 0 Å². The third-order valence-electron chi connectivity index (χ3n) is 4.56. The molecule has 8 heteroatoms. The fraction of sp³-hybridized carbons (Fsp3) is 0.381. The molecule has 0 bridgehead atoms. The first-order valence-electron chi connectivity index (χ1n) is 9.67. The maximum absolute atomic E-state index is 13.1. The van der Waals surface area contributed by atoms with Crippen molar-refractivity contribution in [3.8, 4) is 0 Å². The van der Waals surface area contributed by atoms with Crippen molar-refractivity contribution in [3.05, 3.63) is 65.6 Å². The zero-order valence-corrected chi connectivity index (χ0v) is 17.4. The normalized spacial score (nSPS) is 12.0. The number of carbonyl (C=O) groups is 1. The molecule has 3 aromatic rings. The van der Waals surface area contributed by atoms with Crippen molar-refractivity contribution in [3.63, 3.8) is 0 Å². The van der Waals surface area contributed by atoms with Gasteiger partial charge in [-0.2, -0.15) is 4.37 Å². The van der Waals surface area contributed by atoms with Crippen LogP contribution in [-0.2, 0) is 17.8 Å². The summed E-state index contributed by atoms with van der Waals surface area (Å²) in [6.07, 6.45) is 3.41. The number of furan rings is 1. The summed E-state index contributed by atoms with van der Waals surface area (Å²) < 4.78 is 23.0. The van der Waals surface area contributed by atoms with Crippen LogP contribution in [0.15, 0.2) is 47.1 Å². The zero-order chi connectivity index (χ0) is 20.6. The molecule has 0 saturated carbocycles. The molecule has 0 spiro atoms. The first-order valence-corrected chi connectivity index (χ1v) is 10.4. The monoisotopic (exact) mass is 416 g/mol. The van der Waals surface area contributed by atoms with Gasteiger partial charge in [0.2, 0.25) is 11.0 Å². The highest BCUT2D eigenvalue weighted by Gasteiger charge is 2.17. The molecule has 0 radical (unpaired) electrons. The number of halogens is 1. The number of nitrogens with one attached hydrogen (secondary N) is 1. The minimum atomic E-state index is -0.263. The minimum Gasteiger partial charge on any atom is -0.467 e. The van der Waals surface area contributed by atoms with E-state index in [-0.39, 0.29) is 17.8 Å². The van der Waals surface area contributed by atoms with Gasteiger partial charge < -0.3 is 14.6 Å². The van der Waals surface area contributed by atoms with E-state index in [1.807, 2.05) is 30.9 Å². The maximum Gasteiger partial charge on any atom is 0.221 e. The van der Waals surface area contributed by atoms with E-state index in [2.05, 4.69) is 14.7 Å². The third-order valence-corrected chi connectivity index (χ3v) is 5.37. The van der Waals surface area contributed by atoms with Crippen molar-refractivity contribution in [1.82, 2.24) is 14.7 Å². The molecule has 29 heavy (non-hydrogen) atoms. The van der Waals surface area contributed by atoms with Gasteiger partial charge in [0.15, 0.2) is 0 Å². The first kappa shape index (κ1) is 21.0. The molecule has 0 saturated heterocycles. The van der Waals surface area contributed by atoms with Gasteiger partial charge in [0.25, 0.3) is 0 Å². The number of anilines is 1. The van der Waals surface area contributed by atoms with Crippen molar-refractivity contribution in [2.75, 3.05) is 11.4 Å². The Morgan fingerprint density at radius 1 is 1.31 bits per heavy atom. The lowest BCUT2D eigenvalue weighted by atomic mass is 10.1. The molecule has 2 heterocycles. The second-order valence-corrected chi connectivity index (χ2v) is 7.65. The molecule has 0 fully saturated rings. The van der Waals surface area contributed by atoms with E-state index in [0.29, 0.717) is 31.8 Å². The van der Waals surface area contributed by atoms with Crippen molar-refractivity contribution in [2.24, 2.45) is 0 Å². The van der Waals surface area contributed by atoms with E-state index < -0.39 is 0 Å². The lowest BCUT2D eigenvalue weighted by Crippen LogP contribution is -2.35. The van der Waals surface area contributed by atoms with Crippen LogP contribution < -0.4 is 10.2 Å². The summed E-state index contributed by atoms with van der Waals surface area (Å²) in [6.45, 7) is 5.05. The number of hydrogen-bond donors (Lipinski definition) is 1. The molecule has 0 aliphatic rings. The first-order chi connectivity index (χ1) is 14.0. The Morgan fingerprint density at radius 3 is 2.79 bits per heavy atom. The van der Waals surface area contributed by atoms with Crippen LogP contribution in [0.2, 0.25) is 0 Å². The average molecular weight is 417 g/mol. The predicted molar refractivity (Wildman–Crippen MR) is 111 cm³/mol. The minimum absolute atomic E-state index is 0.0137. The summed E-state index contributed by atoms with van der Waals surface area (Å²) >= 11 is 1.29. The van der Waals surface area contributed by atoms with Gasteiger partial charge in [-0.05, 0) is 43.2 Å². The molecule has 1 N–H and O–H groups in total. The topological polar surface area (TPSA) is 71.3 Å². The zero-order valence-electron chi connectivity index (χ0n) is 16.6. The van der Waals surface area contributed by atoms with Gasteiger partial charge in [0, 0.05) is 37.0 Å². The van der Waals surface area contributed by atoms with Gasteiger partial charge in [0.1, 0.15) is 17.4 Å². The van der Waals surface area contributed by atoms with E-state index in [1.54, 1.807) is 18.4 Å². The van der Waals surface area contributed by atoms with Crippen LogP contribution >= 0.6 is 11.5 Å². The van der Waals surface area contributed by atoms with E-state index in [1.165, 1.54) is 23.7 Å². The van der Waals surface area contributed by atoms with E-state index in [4.69, 9.17) is 4.42 Å². The highest BCUT2D eigenvalue weighted by atomic mass is 32.1. The van der Waals surface area contributed by atoms with Crippen molar-refractivity contribution >= 4 is 22.6 Å². The average Bonchev–Trinajstić information content (AvgIpc) is 3.39. The number of rotatable bonds is 10. The van der Waals surface area contributed by atoms with Crippen molar-refractivity contribution in [2.45, 2.75) is 45.7 Å². The largest absolute Gasteiger partial charge is 0.467 e. The second-order valence-electron chi connectivity index (χ2n) is 6.92. The lowest BCUT2D eigenvalue weighted by Gasteiger charge is -2.20. The number of benzene rings is 1. The number of nitrogens with zero attached hydrogens (tertiary/aromatic N) is 3. The second kappa shape index (κ2) is 10.2. The van der Waals surface area contributed by atoms with Crippen molar-refractivity contribution < 1.29 is 13.6 Å². The van der Waals surface area contributed by atoms with Gasteiger partial charge in [0.05, 0.1) is 12.8 Å². The summed E-state index contributed by atoms with van der Waals surface area (Å²) in [5, 5.41) is 3.72. The standard InChI is InChI=1S/C21H25FN4O2S/c1-3-15(2)23-20(27)10-11-26(14-18-5-4-12-28-18)21-24-19(25-29-21)13-16-6-8-17(22)9-7-16/h4-9,12,15H,3,10-11,13-14H2,1-2H3,(H,23,27)/t15-/m1/s1. The Morgan fingerprint density at radius 2 is 2.10 bits per heavy atom. The number of aromatic nitrogens is 2. The highest BCUT2D eigenvalue weighted by Crippen LogP contribution is 2.22. The Bertz CT molecular complexity index is 896. The van der Waals surface area contributed by atoms with Crippen LogP contribution in [-0.4, -0.2) is 27.9 Å². The van der Waals surface area contributed by atoms with Crippen LogP contribution in [0.5, 0.6) is 0 Å². The van der Waals surface area contributed by atoms with Gasteiger partial charge >= 0.3 is 0 Å². The number of hydrogen-bond acceptors (Lipinski definition) is 6. The molecule has 154 valence electrons. The summed E-state index contributed by atoms with van der Waals surface area (Å²) in [5.41, 5.74) is 0.946. The molecule has 0 unspecified atom stereocenters. The molecule has 2 aromatic heterocycles. The Kier molecular flexibility index (Phi) is 7.35. The quantitative estimate of drug-likeness (QED) is 0.537. The molecule has 1 atom stereocenters. The highest BCUT2D eigenvalue weighted by molar-refractivity contribution is 7.09. The molecule has 6 nitrogen and oxygen atoms in total. The Hall–Kier alpha value is -2.74. The van der Waals surface area contributed by atoms with Gasteiger partial charge in [-0.3, -0.25) is 4.79 Å². The summed E-state index contributed by atoms with van der Waals surface area (Å²) in [6, 6.07) is 10.2. The van der Waals surface area contributed by atoms with Crippen LogP contribution in [0.1, 0.15) is 43.8 Å². The lowest BCUT2D eigenvalue weighted by molar-refractivity contribution is -0.121. The number of amides is 1. The van der Waals surface area contributed by atoms with Crippen molar-refractivity contribution in [1.29, 1.82) is 0 Å². The molecular formula is C21H25FN4O2S. The van der Waals surface area contributed by atoms with Crippen LogP contribution in [0, 0.1) is 5.82 Å². The maximum atomic E-state index is 13.1. The van der Waals surface area contributed by atoms with E-state index >= 15 is 0 Å². The Labute approximate surface area is 173 Å². The summed E-state index contributed by atoms with van der Waals surface area (Å²) in [5.74, 6) is 1.22. The molecule has 1 amide bonds. The molecular weight excluding hydrogens is 391 g/mol. The van der Waals surface area contributed by atoms with Gasteiger partial charge in [-0.1, -0.05) is 19.1 Å². The summed E-state index contributed by atoms with van der Waals surface area (Å²) in [7, 11) is 0. The molecule has 1 aromatic carbocycles. The predicted octanol–water partition coefficient (Wildman–Crippen LogP) is 4.17. The number of carbonyl (C=O) groups excluding carboxylic acids is 1. The fourth-order valence-electron chi connectivity index (χ4n) is 2.75. The smallest absolute Gasteiger partial charge is 0.221 e. The van der Waals surface area contributed by atoms with Gasteiger partial charge in [-0.15, -0.1) is 0 Å². The van der Waals surface area contributed by atoms with E-state index in [9.17, 15) is 9.18 Å². The third kappa shape index (κ3) is 6.39. The molecule has 3 rings (SSSR count). The fourth-order valence-corrected chi connectivity index (χ4v) is 3.46. The van der Waals surface area contributed by atoms with E-state index in [0.717, 1.165) is 22.9 Å². The Balaban J connectivity index is 1.67. The van der Waals surface area contributed by atoms with Crippen LogP contribution in [0.4, 0.5) is 9.52 Å². The van der Waals surface area contributed by atoms with Gasteiger partial charge in [-0.25, -0.2) is 9.37 Å². The summed E-state index contributed by atoms with van der Waals surface area (Å²) in [4.78, 5) is 18.8.